The monoisotopic (exact) mass is 485 g/mol. The van der Waals surface area contributed by atoms with Crippen molar-refractivity contribution in [1.82, 2.24) is 9.97 Å². The van der Waals surface area contributed by atoms with E-state index in [0.717, 1.165) is 39.1 Å². The van der Waals surface area contributed by atoms with Crippen LogP contribution in [0.2, 0.25) is 0 Å². The zero-order valence-electron chi connectivity index (χ0n) is 19.8. The van der Waals surface area contributed by atoms with E-state index in [1.165, 1.54) is 5.56 Å². The van der Waals surface area contributed by atoms with Crippen LogP contribution in [0, 0.1) is 6.92 Å². The number of aromatic nitrogens is 2. The Hall–Kier alpha value is -3.71. The van der Waals surface area contributed by atoms with Crippen molar-refractivity contribution in [3.8, 4) is 33.5 Å². The van der Waals surface area contributed by atoms with Gasteiger partial charge in [0.15, 0.2) is 6.10 Å². The number of benzene rings is 2. The minimum absolute atomic E-state index is 0.0139. The Labute approximate surface area is 209 Å². The van der Waals surface area contributed by atoms with Gasteiger partial charge in [0.25, 0.3) is 5.91 Å². The molecular weight excluding hydrogens is 458 g/mol. The highest BCUT2D eigenvalue weighted by Crippen LogP contribution is 2.39. The fourth-order valence-corrected chi connectivity index (χ4v) is 4.84. The molecule has 1 atom stereocenters. The van der Waals surface area contributed by atoms with Crippen molar-refractivity contribution in [2.75, 3.05) is 18.1 Å². The van der Waals surface area contributed by atoms with Crippen molar-refractivity contribution < 1.29 is 14.3 Å². The Kier molecular flexibility index (Phi) is 6.77. The Morgan fingerprint density at radius 1 is 1.09 bits per heavy atom. The number of nitrogens with zero attached hydrogens (tertiary/aromatic N) is 3. The summed E-state index contributed by atoms with van der Waals surface area (Å²) in [7, 11) is 0. The van der Waals surface area contributed by atoms with Gasteiger partial charge in [-0.3, -0.25) is 9.78 Å². The van der Waals surface area contributed by atoms with Gasteiger partial charge in [-0.2, -0.15) is 0 Å². The van der Waals surface area contributed by atoms with Crippen molar-refractivity contribution in [1.29, 1.82) is 0 Å². The van der Waals surface area contributed by atoms with Crippen molar-refractivity contribution in [3.63, 3.8) is 0 Å². The lowest BCUT2D eigenvalue weighted by molar-refractivity contribution is -0.126. The second-order valence-corrected chi connectivity index (χ2v) is 9.31. The third-order valence-electron chi connectivity index (χ3n) is 5.93. The van der Waals surface area contributed by atoms with E-state index in [1.54, 1.807) is 17.5 Å². The summed E-state index contributed by atoms with van der Waals surface area (Å²) in [6, 6.07) is 19.7. The van der Waals surface area contributed by atoms with E-state index in [-0.39, 0.29) is 5.91 Å². The number of anilines is 1. The molecule has 0 radical (unpaired) electrons. The normalized spacial score (nSPS) is 15.0. The average molecular weight is 486 g/mol. The van der Waals surface area contributed by atoms with E-state index < -0.39 is 6.10 Å². The highest BCUT2D eigenvalue weighted by atomic mass is 32.1. The maximum absolute atomic E-state index is 13.2. The third-order valence-corrected chi connectivity index (χ3v) is 6.80. The van der Waals surface area contributed by atoms with Crippen LogP contribution in [0.1, 0.15) is 25.3 Å². The van der Waals surface area contributed by atoms with Crippen LogP contribution in [-0.4, -0.2) is 35.1 Å². The number of pyridine rings is 1. The first-order chi connectivity index (χ1) is 17.1. The van der Waals surface area contributed by atoms with Gasteiger partial charge in [-0.15, -0.1) is 11.3 Å². The number of carbonyl (C=O) groups excluding carboxylic acids is 1. The molecule has 1 aliphatic rings. The zero-order valence-corrected chi connectivity index (χ0v) is 20.6. The predicted octanol–water partition coefficient (Wildman–Crippen LogP) is 6.15. The van der Waals surface area contributed by atoms with Crippen molar-refractivity contribution >= 4 is 22.9 Å². The number of ether oxygens (including phenoxy) is 2. The van der Waals surface area contributed by atoms with E-state index in [9.17, 15) is 4.79 Å². The van der Waals surface area contributed by atoms with Gasteiger partial charge < -0.3 is 14.4 Å². The highest BCUT2D eigenvalue weighted by Gasteiger charge is 2.33. The van der Waals surface area contributed by atoms with Crippen LogP contribution >= 0.6 is 11.3 Å². The van der Waals surface area contributed by atoms with Gasteiger partial charge in [0.2, 0.25) is 0 Å². The molecule has 0 bridgehead atoms. The molecule has 6 nitrogen and oxygen atoms in total. The molecule has 3 heterocycles. The quantitative estimate of drug-likeness (QED) is 0.280. The standard InChI is InChI=1S/C28H27N3O3S/c1-3-25-28(32)31(15-6-16-33-21-11-8-19(2)9-12-21)24-17-20(10-13-26(24)34-25)23-18-35-27(30-23)22-7-4-5-14-29-22/h4-5,7-14,17-18,25H,3,6,15-16H2,1-2H3. The molecule has 2 aromatic heterocycles. The van der Waals surface area contributed by atoms with Crippen LogP contribution in [0.3, 0.4) is 0 Å². The van der Waals surface area contributed by atoms with Gasteiger partial charge >= 0.3 is 0 Å². The Balaban J connectivity index is 1.35. The molecule has 4 aromatic rings. The SMILES string of the molecule is CCC1Oc2ccc(-c3csc(-c4ccccn4)n3)cc2N(CCCOc2ccc(C)cc2)C1=O. The molecule has 0 saturated carbocycles. The molecular formula is C28H27N3O3S. The lowest BCUT2D eigenvalue weighted by Gasteiger charge is -2.34. The van der Waals surface area contributed by atoms with Crippen LogP contribution in [0.15, 0.2) is 72.2 Å². The Morgan fingerprint density at radius 2 is 1.94 bits per heavy atom. The summed E-state index contributed by atoms with van der Waals surface area (Å²) in [5.41, 5.74) is 4.61. The summed E-state index contributed by atoms with van der Waals surface area (Å²) < 4.78 is 11.9. The molecule has 1 amide bonds. The molecule has 0 aliphatic carbocycles. The topological polar surface area (TPSA) is 64.6 Å². The number of thiazole rings is 1. The largest absolute Gasteiger partial charge is 0.494 e. The van der Waals surface area contributed by atoms with E-state index >= 15 is 0 Å². The second-order valence-electron chi connectivity index (χ2n) is 8.46. The van der Waals surface area contributed by atoms with E-state index in [0.29, 0.717) is 26.0 Å². The highest BCUT2D eigenvalue weighted by molar-refractivity contribution is 7.13. The number of rotatable bonds is 8. The number of aryl methyl sites for hydroxylation is 1. The molecule has 0 N–H and O–H groups in total. The average Bonchev–Trinajstić information content (AvgIpc) is 3.39. The first kappa shape index (κ1) is 23.1. The number of fused-ring (bicyclic) bond motifs is 1. The molecule has 1 aliphatic heterocycles. The number of amides is 1. The van der Waals surface area contributed by atoms with Crippen LogP contribution in [-0.2, 0) is 4.79 Å². The molecule has 7 heteroatoms. The summed E-state index contributed by atoms with van der Waals surface area (Å²) in [6.07, 6.45) is 2.63. The maximum Gasteiger partial charge on any atom is 0.268 e. The smallest absolute Gasteiger partial charge is 0.268 e. The van der Waals surface area contributed by atoms with Crippen molar-refractivity contribution in [2.45, 2.75) is 32.8 Å². The third kappa shape index (κ3) is 5.05. The fourth-order valence-electron chi connectivity index (χ4n) is 4.03. The molecule has 2 aromatic carbocycles. The Bertz CT molecular complexity index is 1300. The van der Waals surface area contributed by atoms with E-state index in [1.807, 2.05) is 77.9 Å². The van der Waals surface area contributed by atoms with Crippen LogP contribution < -0.4 is 14.4 Å². The summed E-state index contributed by atoms with van der Waals surface area (Å²) in [6.45, 7) is 5.10. The molecule has 0 fully saturated rings. The van der Waals surface area contributed by atoms with Gasteiger partial charge in [-0.1, -0.05) is 30.7 Å². The predicted molar refractivity (Wildman–Crippen MR) is 139 cm³/mol. The minimum atomic E-state index is -0.471. The van der Waals surface area contributed by atoms with Gasteiger partial charge in [0, 0.05) is 23.7 Å². The number of carbonyl (C=O) groups is 1. The van der Waals surface area contributed by atoms with Crippen LogP contribution in [0.5, 0.6) is 11.5 Å². The molecule has 1 unspecified atom stereocenters. The lowest BCUT2D eigenvalue weighted by Crippen LogP contribution is -2.46. The van der Waals surface area contributed by atoms with Gasteiger partial charge in [-0.25, -0.2) is 4.98 Å². The van der Waals surface area contributed by atoms with Crippen LogP contribution in [0.25, 0.3) is 22.0 Å². The number of hydrogen-bond acceptors (Lipinski definition) is 6. The van der Waals surface area contributed by atoms with Crippen LogP contribution in [0.4, 0.5) is 5.69 Å². The molecule has 0 spiro atoms. The van der Waals surface area contributed by atoms with E-state index in [2.05, 4.69) is 11.9 Å². The molecule has 35 heavy (non-hydrogen) atoms. The first-order valence-electron chi connectivity index (χ1n) is 11.8. The lowest BCUT2D eigenvalue weighted by atomic mass is 10.1. The van der Waals surface area contributed by atoms with Gasteiger partial charge in [0.05, 0.1) is 23.7 Å². The summed E-state index contributed by atoms with van der Waals surface area (Å²) in [5, 5.41) is 2.88. The summed E-state index contributed by atoms with van der Waals surface area (Å²) in [4.78, 5) is 24.2. The first-order valence-corrected chi connectivity index (χ1v) is 12.7. The zero-order chi connectivity index (χ0) is 24.2. The van der Waals surface area contributed by atoms with Crippen molar-refractivity contribution in [3.05, 3.63) is 77.8 Å². The number of hydrogen-bond donors (Lipinski definition) is 0. The molecule has 178 valence electrons. The van der Waals surface area contributed by atoms with E-state index in [4.69, 9.17) is 14.5 Å². The fraction of sp³-hybridized carbons (Fsp3) is 0.250. The minimum Gasteiger partial charge on any atom is -0.494 e. The summed E-state index contributed by atoms with van der Waals surface area (Å²) in [5.74, 6) is 1.55. The molecule has 0 saturated heterocycles. The van der Waals surface area contributed by atoms with Gasteiger partial charge in [-0.05, 0) is 62.2 Å². The Morgan fingerprint density at radius 3 is 2.71 bits per heavy atom. The summed E-state index contributed by atoms with van der Waals surface area (Å²) >= 11 is 1.55. The molecule has 5 rings (SSSR count). The van der Waals surface area contributed by atoms with Gasteiger partial charge in [0.1, 0.15) is 16.5 Å². The van der Waals surface area contributed by atoms with Crippen molar-refractivity contribution in [2.24, 2.45) is 0 Å². The maximum atomic E-state index is 13.2. The second kappa shape index (κ2) is 10.3.